The van der Waals surface area contributed by atoms with E-state index in [0.29, 0.717) is 24.0 Å². The minimum absolute atomic E-state index is 0.268. The smallest absolute Gasteiger partial charge is 0.187 e. The lowest BCUT2D eigenvalue weighted by molar-refractivity contribution is 0.436. The summed E-state index contributed by atoms with van der Waals surface area (Å²) in [7, 11) is 1.92. The van der Waals surface area contributed by atoms with E-state index in [-0.39, 0.29) is 5.82 Å². The van der Waals surface area contributed by atoms with E-state index in [9.17, 15) is 4.39 Å². The normalized spacial score (nSPS) is 17.1. The van der Waals surface area contributed by atoms with Gasteiger partial charge in [0.2, 0.25) is 0 Å². The van der Waals surface area contributed by atoms with E-state index in [0.717, 1.165) is 25.9 Å². The second kappa shape index (κ2) is 5.40. The van der Waals surface area contributed by atoms with E-state index < -0.39 is 0 Å². The minimum atomic E-state index is -0.268. The van der Waals surface area contributed by atoms with Crippen LogP contribution in [0.5, 0.6) is 0 Å². The highest BCUT2D eigenvalue weighted by atomic mass is 19.1. The van der Waals surface area contributed by atoms with Crippen LogP contribution in [0.1, 0.15) is 25.5 Å². The van der Waals surface area contributed by atoms with E-state index in [4.69, 9.17) is 0 Å². The van der Waals surface area contributed by atoms with Gasteiger partial charge in [-0.3, -0.25) is 0 Å². The minimum Gasteiger partial charge on any atom is -0.354 e. The summed E-state index contributed by atoms with van der Waals surface area (Å²) in [5, 5.41) is 3.31. The average Bonchev–Trinajstić information content (AvgIpc) is 2.39. The van der Waals surface area contributed by atoms with Gasteiger partial charge in [-0.05, 0) is 32.4 Å². The number of hydrogen-bond donors (Lipinski definition) is 1. The molecule has 1 N–H and O–H groups in total. The summed E-state index contributed by atoms with van der Waals surface area (Å²) >= 11 is 0. The molecule has 1 aromatic rings. The van der Waals surface area contributed by atoms with Gasteiger partial charge in [0.15, 0.2) is 11.6 Å². The Bertz CT molecular complexity index is 377. The van der Waals surface area contributed by atoms with Crippen LogP contribution >= 0.6 is 0 Å². The fraction of sp³-hybridized carbons (Fsp3) is 0.667. The summed E-state index contributed by atoms with van der Waals surface area (Å²) in [5.41, 5.74) is 0.496. The highest BCUT2D eigenvalue weighted by molar-refractivity contribution is 5.41. The number of anilines is 1. The molecule has 0 spiro atoms. The third-order valence-corrected chi connectivity index (χ3v) is 3.37. The van der Waals surface area contributed by atoms with Crippen molar-refractivity contribution in [3.63, 3.8) is 0 Å². The molecule has 0 radical (unpaired) electrons. The van der Waals surface area contributed by atoms with Gasteiger partial charge in [-0.2, -0.15) is 0 Å². The first-order valence-corrected chi connectivity index (χ1v) is 6.17. The number of nitrogens with one attached hydrogen (secondary N) is 1. The summed E-state index contributed by atoms with van der Waals surface area (Å²) in [4.78, 5) is 10.00. The van der Waals surface area contributed by atoms with Crippen molar-refractivity contribution in [3.05, 3.63) is 17.8 Å². The largest absolute Gasteiger partial charge is 0.354 e. The highest BCUT2D eigenvalue weighted by Gasteiger charge is 2.22. The Morgan fingerprint density at radius 3 is 2.76 bits per heavy atom. The van der Waals surface area contributed by atoms with Crippen LogP contribution in [0.4, 0.5) is 10.2 Å². The van der Waals surface area contributed by atoms with Crippen molar-refractivity contribution in [3.8, 4) is 0 Å². The first-order valence-electron chi connectivity index (χ1n) is 6.17. The quantitative estimate of drug-likeness (QED) is 0.863. The fourth-order valence-electron chi connectivity index (χ4n) is 2.25. The molecular formula is C12H19FN4. The molecule has 94 valence electrons. The molecule has 2 rings (SSSR count). The van der Waals surface area contributed by atoms with Crippen LogP contribution in [0.15, 0.2) is 6.33 Å². The highest BCUT2D eigenvalue weighted by Crippen LogP contribution is 2.22. The van der Waals surface area contributed by atoms with Gasteiger partial charge in [0.1, 0.15) is 6.33 Å². The number of aryl methyl sites for hydroxylation is 1. The van der Waals surface area contributed by atoms with Gasteiger partial charge in [0.25, 0.3) is 0 Å². The molecule has 1 aliphatic rings. The number of hydrogen-bond acceptors (Lipinski definition) is 4. The van der Waals surface area contributed by atoms with Crippen LogP contribution in [0.25, 0.3) is 0 Å². The lowest BCUT2D eigenvalue weighted by atomic mass is 10.1. The Labute approximate surface area is 101 Å². The molecule has 0 unspecified atom stereocenters. The number of nitrogens with zero attached hydrogens (tertiary/aromatic N) is 3. The number of halogens is 1. The van der Waals surface area contributed by atoms with Crippen LogP contribution in [-0.4, -0.2) is 36.1 Å². The molecule has 0 amide bonds. The molecule has 1 aliphatic heterocycles. The molecule has 2 heterocycles. The van der Waals surface area contributed by atoms with Crippen LogP contribution in [0.2, 0.25) is 0 Å². The maximum absolute atomic E-state index is 14.1. The Hall–Kier alpha value is -1.23. The summed E-state index contributed by atoms with van der Waals surface area (Å²) in [6.07, 6.45) is 4.11. The van der Waals surface area contributed by atoms with Crippen molar-refractivity contribution in [2.75, 3.05) is 25.0 Å². The van der Waals surface area contributed by atoms with Gasteiger partial charge >= 0.3 is 0 Å². The van der Waals surface area contributed by atoms with Crippen molar-refractivity contribution in [1.29, 1.82) is 0 Å². The first-order chi connectivity index (χ1) is 8.24. The third kappa shape index (κ3) is 2.54. The van der Waals surface area contributed by atoms with E-state index in [1.807, 2.05) is 18.9 Å². The van der Waals surface area contributed by atoms with Gasteiger partial charge in [0, 0.05) is 13.1 Å². The average molecular weight is 238 g/mol. The molecule has 0 atom stereocenters. The molecule has 1 fully saturated rings. The molecule has 5 heteroatoms. The molecule has 0 aromatic carbocycles. The molecule has 4 nitrogen and oxygen atoms in total. The molecule has 1 saturated heterocycles. The molecular weight excluding hydrogens is 219 g/mol. The Morgan fingerprint density at radius 2 is 2.12 bits per heavy atom. The van der Waals surface area contributed by atoms with Crippen molar-refractivity contribution >= 4 is 5.82 Å². The Balaban J connectivity index is 2.20. The van der Waals surface area contributed by atoms with Crippen LogP contribution in [-0.2, 0) is 6.42 Å². The molecule has 0 aliphatic carbocycles. The molecule has 1 aromatic heterocycles. The molecule has 17 heavy (non-hydrogen) atoms. The van der Waals surface area contributed by atoms with E-state index in [1.165, 1.54) is 6.33 Å². The van der Waals surface area contributed by atoms with Gasteiger partial charge in [0.05, 0.1) is 5.69 Å². The Morgan fingerprint density at radius 1 is 1.41 bits per heavy atom. The topological polar surface area (TPSA) is 41.1 Å². The van der Waals surface area contributed by atoms with Crippen LogP contribution in [0.3, 0.4) is 0 Å². The monoisotopic (exact) mass is 238 g/mol. The van der Waals surface area contributed by atoms with Crippen LogP contribution < -0.4 is 10.2 Å². The van der Waals surface area contributed by atoms with Gasteiger partial charge in [-0.25, -0.2) is 14.4 Å². The zero-order valence-electron chi connectivity index (χ0n) is 10.4. The maximum Gasteiger partial charge on any atom is 0.187 e. The lowest BCUT2D eigenvalue weighted by Crippen LogP contribution is -2.42. The number of rotatable bonds is 3. The van der Waals surface area contributed by atoms with Crippen LogP contribution in [0, 0.1) is 5.82 Å². The summed E-state index contributed by atoms with van der Waals surface area (Å²) in [6, 6.07) is 0.366. The zero-order valence-corrected chi connectivity index (χ0v) is 10.4. The van der Waals surface area contributed by atoms with Gasteiger partial charge in [-0.1, -0.05) is 6.92 Å². The number of aromatic nitrogens is 2. The lowest BCUT2D eigenvalue weighted by Gasteiger charge is -2.32. The van der Waals surface area contributed by atoms with Crippen molar-refractivity contribution in [2.24, 2.45) is 0 Å². The first kappa shape index (κ1) is 12.2. The van der Waals surface area contributed by atoms with Gasteiger partial charge < -0.3 is 10.2 Å². The third-order valence-electron chi connectivity index (χ3n) is 3.37. The van der Waals surface area contributed by atoms with E-state index in [1.54, 1.807) is 0 Å². The second-order valence-electron chi connectivity index (χ2n) is 4.40. The Kier molecular flexibility index (Phi) is 3.89. The standard InChI is InChI=1S/C12H19FN4/c1-3-10-11(13)12(16-8-15-10)17(2)9-4-6-14-7-5-9/h8-9,14H,3-7H2,1-2H3. The van der Waals surface area contributed by atoms with E-state index >= 15 is 0 Å². The summed E-state index contributed by atoms with van der Waals surface area (Å²) < 4.78 is 14.1. The van der Waals surface area contributed by atoms with Crippen molar-refractivity contribution in [1.82, 2.24) is 15.3 Å². The SMILES string of the molecule is CCc1ncnc(N(C)C2CCNCC2)c1F. The zero-order chi connectivity index (χ0) is 12.3. The molecule has 0 bridgehead atoms. The van der Waals surface area contributed by atoms with E-state index in [2.05, 4.69) is 15.3 Å². The van der Waals surface area contributed by atoms with Gasteiger partial charge in [-0.15, -0.1) is 0 Å². The fourth-order valence-corrected chi connectivity index (χ4v) is 2.25. The second-order valence-corrected chi connectivity index (χ2v) is 4.40. The van der Waals surface area contributed by atoms with Crippen molar-refractivity contribution in [2.45, 2.75) is 32.2 Å². The van der Waals surface area contributed by atoms with Crippen molar-refractivity contribution < 1.29 is 4.39 Å². The predicted molar refractivity (Wildman–Crippen MR) is 65.7 cm³/mol. The molecule has 0 saturated carbocycles. The predicted octanol–water partition coefficient (Wildman–Crippen LogP) is 1.37. The maximum atomic E-state index is 14.1. The summed E-state index contributed by atoms with van der Waals surface area (Å²) in [6.45, 7) is 3.88. The summed E-state index contributed by atoms with van der Waals surface area (Å²) in [5.74, 6) is 0.166. The number of piperidine rings is 1.